The van der Waals surface area contributed by atoms with Gasteiger partial charge in [-0.1, -0.05) is 48.5 Å². The third kappa shape index (κ3) is 4.24. The number of para-hydroxylation sites is 1. The normalized spacial score (nSPS) is 16.8. The van der Waals surface area contributed by atoms with Crippen LogP contribution < -0.4 is 0 Å². The molecule has 3 aromatic rings. The van der Waals surface area contributed by atoms with Crippen LogP contribution in [0.3, 0.4) is 0 Å². The lowest BCUT2D eigenvalue weighted by atomic mass is 10.0. The van der Waals surface area contributed by atoms with E-state index in [1.165, 1.54) is 12.0 Å². The largest absolute Gasteiger partial charge is 0.333 e. The van der Waals surface area contributed by atoms with Gasteiger partial charge in [0.25, 0.3) is 5.91 Å². The van der Waals surface area contributed by atoms with Gasteiger partial charge in [0, 0.05) is 19.0 Å². The number of rotatable bonds is 5. The van der Waals surface area contributed by atoms with Gasteiger partial charge in [0.05, 0.1) is 5.69 Å². The minimum absolute atomic E-state index is 0.0505. The van der Waals surface area contributed by atoms with Crippen molar-refractivity contribution in [3.63, 3.8) is 0 Å². The number of benzene rings is 2. The molecule has 0 unspecified atom stereocenters. The molecule has 0 bridgehead atoms. The first-order valence-electron chi connectivity index (χ1n) is 10.5. The highest BCUT2D eigenvalue weighted by Gasteiger charge is 2.28. The van der Waals surface area contributed by atoms with E-state index in [1.807, 2.05) is 46.0 Å². The van der Waals surface area contributed by atoms with Crippen LogP contribution in [0.4, 0.5) is 0 Å². The van der Waals surface area contributed by atoms with E-state index in [-0.39, 0.29) is 11.9 Å². The van der Waals surface area contributed by atoms with Crippen molar-refractivity contribution in [2.75, 3.05) is 6.54 Å². The highest BCUT2D eigenvalue weighted by Crippen LogP contribution is 2.21. The number of amides is 1. The number of carbonyl (C=O) groups excluding carboxylic acids is 1. The molecule has 1 saturated heterocycles. The number of hydrogen-bond acceptors (Lipinski definition) is 3. The maximum Gasteiger partial charge on any atom is 0.293 e. The summed E-state index contributed by atoms with van der Waals surface area (Å²) < 4.78 is 1.86. The van der Waals surface area contributed by atoms with E-state index in [4.69, 9.17) is 4.98 Å². The fraction of sp³-hybridized carbons (Fsp3) is 0.375. The van der Waals surface area contributed by atoms with Crippen molar-refractivity contribution in [1.82, 2.24) is 19.7 Å². The molecule has 1 atom stereocenters. The Balaban J connectivity index is 1.66. The summed E-state index contributed by atoms with van der Waals surface area (Å²) in [6.07, 6.45) is 4.87. The van der Waals surface area contributed by atoms with E-state index in [9.17, 15) is 4.79 Å². The fourth-order valence-electron chi connectivity index (χ4n) is 4.02. The molecule has 0 spiro atoms. The summed E-state index contributed by atoms with van der Waals surface area (Å²) in [7, 11) is 0. The number of nitrogens with zero attached hydrogens (tertiary/aromatic N) is 4. The molecule has 1 amide bonds. The standard InChI is InChI=1S/C24H28N4O/c1-18-10-6-7-14-21(18)28-22(16-15-20-12-4-3-5-13-20)25-23(26-28)24(29)27-17-9-8-11-19(27)2/h3-7,10,12-14,19H,8-9,11,15-17H2,1-2H3/t19-/m0/s1. The fourth-order valence-corrected chi connectivity index (χ4v) is 4.02. The maximum absolute atomic E-state index is 13.2. The number of carbonyl (C=O) groups is 1. The Kier molecular flexibility index (Phi) is 5.74. The molecule has 2 aromatic carbocycles. The molecular weight excluding hydrogens is 360 g/mol. The average molecular weight is 389 g/mol. The van der Waals surface area contributed by atoms with Crippen LogP contribution in [-0.2, 0) is 12.8 Å². The van der Waals surface area contributed by atoms with Gasteiger partial charge < -0.3 is 4.90 Å². The lowest BCUT2D eigenvalue weighted by molar-refractivity contribution is 0.0623. The van der Waals surface area contributed by atoms with Crippen LogP contribution in [0.5, 0.6) is 0 Å². The highest BCUT2D eigenvalue weighted by molar-refractivity contribution is 5.90. The molecule has 1 fully saturated rings. The number of piperidine rings is 1. The SMILES string of the molecule is Cc1ccccc1-n1nc(C(=O)N2CCCC[C@@H]2C)nc1CCc1ccccc1. The lowest BCUT2D eigenvalue weighted by Gasteiger charge is -2.32. The molecule has 4 rings (SSSR count). The third-order valence-electron chi connectivity index (χ3n) is 5.75. The van der Waals surface area contributed by atoms with Gasteiger partial charge in [0.1, 0.15) is 5.82 Å². The topological polar surface area (TPSA) is 51.0 Å². The Bertz CT molecular complexity index is 980. The summed E-state index contributed by atoms with van der Waals surface area (Å²) in [5.41, 5.74) is 3.35. The van der Waals surface area contributed by atoms with Crippen LogP contribution >= 0.6 is 0 Å². The van der Waals surface area contributed by atoms with Crippen molar-refractivity contribution in [3.05, 3.63) is 77.4 Å². The number of aromatic nitrogens is 3. The molecule has 1 aliphatic heterocycles. The predicted octanol–water partition coefficient (Wildman–Crippen LogP) is 4.38. The molecule has 0 aliphatic carbocycles. The summed E-state index contributed by atoms with van der Waals surface area (Å²) in [6.45, 7) is 4.97. The molecule has 0 N–H and O–H groups in total. The Morgan fingerprint density at radius 1 is 1.03 bits per heavy atom. The second-order valence-electron chi connectivity index (χ2n) is 7.88. The Morgan fingerprint density at radius 3 is 2.55 bits per heavy atom. The monoisotopic (exact) mass is 388 g/mol. The first-order chi connectivity index (χ1) is 14.1. The Hall–Kier alpha value is -2.95. The highest BCUT2D eigenvalue weighted by atomic mass is 16.2. The zero-order valence-corrected chi connectivity index (χ0v) is 17.2. The van der Waals surface area contributed by atoms with Gasteiger partial charge in [-0.3, -0.25) is 4.79 Å². The zero-order valence-electron chi connectivity index (χ0n) is 17.2. The molecule has 5 heteroatoms. The van der Waals surface area contributed by atoms with Gasteiger partial charge in [-0.05, 0) is 56.7 Å². The lowest BCUT2D eigenvalue weighted by Crippen LogP contribution is -2.42. The number of hydrogen-bond donors (Lipinski definition) is 0. The van der Waals surface area contributed by atoms with Crippen molar-refractivity contribution < 1.29 is 4.79 Å². The molecule has 150 valence electrons. The van der Waals surface area contributed by atoms with E-state index in [0.29, 0.717) is 5.82 Å². The summed E-state index contributed by atoms with van der Waals surface area (Å²) in [4.78, 5) is 19.8. The minimum Gasteiger partial charge on any atom is -0.333 e. The summed E-state index contributed by atoms with van der Waals surface area (Å²) >= 11 is 0. The maximum atomic E-state index is 13.2. The summed E-state index contributed by atoms with van der Waals surface area (Å²) in [5.74, 6) is 1.09. The molecule has 1 aromatic heterocycles. The first-order valence-corrected chi connectivity index (χ1v) is 10.5. The van der Waals surface area contributed by atoms with Crippen molar-refractivity contribution in [2.45, 2.75) is 52.0 Å². The quantitative estimate of drug-likeness (QED) is 0.652. The van der Waals surface area contributed by atoms with Crippen molar-refractivity contribution in [1.29, 1.82) is 0 Å². The van der Waals surface area contributed by atoms with Crippen LogP contribution in [0, 0.1) is 6.92 Å². The predicted molar refractivity (Wildman–Crippen MR) is 114 cm³/mol. The van der Waals surface area contributed by atoms with Crippen LogP contribution in [-0.4, -0.2) is 38.2 Å². The van der Waals surface area contributed by atoms with E-state index in [2.05, 4.69) is 37.1 Å². The van der Waals surface area contributed by atoms with Crippen molar-refractivity contribution in [3.8, 4) is 5.69 Å². The molecule has 0 radical (unpaired) electrons. The molecule has 0 saturated carbocycles. The van der Waals surface area contributed by atoms with Crippen molar-refractivity contribution >= 4 is 5.91 Å². The molecule has 1 aliphatic rings. The molecule has 29 heavy (non-hydrogen) atoms. The van der Waals surface area contributed by atoms with Gasteiger partial charge in [-0.15, -0.1) is 5.10 Å². The molecule has 5 nitrogen and oxygen atoms in total. The third-order valence-corrected chi connectivity index (χ3v) is 5.75. The van der Waals surface area contributed by atoms with E-state index in [1.54, 1.807) is 0 Å². The average Bonchev–Trinajstić information content (AvgIpc) is 3.17. The van der Waals surface area contributed by atoms with Crippen LogP contribution in [0.25, 0.3) is 5.69 Å². The van der Waals surface area contributed by atoms with Gasteiger partial charge in [-0.25, -0.2) is 9.67 Å². The van der Waals surface area contributed by atoms with Gasteiger partial charge in [0.2, 0.25) is 5.82 Å². The van der Waals surface area contributed by atoms with Crippen LogP contribution in [0.1, 0.15) is 53.8 Å². The van der Waals surface area contributed by atoms with Crippen molar-refractivity contribution in [2.24, 2.45) is 0 Å². The van der Waals surface area contributed by atoms with E-state index in [0.717, 1.165) is 49.3 Å². The van der Waals surface area contributed by atoms with Crippen LogP contribution in [0.2, 0.25) is 0 Å². The van der Waals surface area contributed by atoms with Gasteiger partial charge in [-0.2, -0.15) is 0 Å². The second-order valence-corrected chi connectivity index (χ2v) is 7.88. The van der Waals surface area contributed by atoms with Gasteiger partial charge in [0.15, 0.2) is 0 Å². The zero-order chi connectivity index (χ0) is 20.2. The minimum atomic E-state index is -0.0505. The van der Waals surface area contributed by atoms with E-state index >= 15 is 0 Å². The Labute approximate surface area is 172 Å². The first kappa shape index (κ1) is 19.4. The number of likely N-dealkylation sites (tertiary alicyclic amines) is 1. The second kappa shape index (κ2) is 8.60. The van der Waals surface area contributed by atoms with Gasteiger partial charge >= 0.3 is 0 Å². The van der Waals surface area contributed by atoms with Crippen LogP contribution in [0.15, 0.2) is 54.6 Å². The summed E-state index contributed by atoms with van der Waals surface area (Å²) in [5, 5.41) is 4.68. The van der Waals surface area contributed by atoms with E-state index < -0.39 is 0 Å². The molecule has 2 heterocycles. The smallest absolute Gasteiger partial charge is 0.293 e. The summed E-state index contributed by atoms with van der Waals surface area (Å²) in [6, 6.07) is 18.7. The number of aryl methyl sites for hydroxylation is 3. The molecular formula is C24H28N4O. The Morgan fingerprint density at radius 2 is 1.79 bits per heavy atom.